The van der Waals surface area contributed by atoms with E-state index in [1.54, 1.807) is 7.05 Å². The number of fused-ring (bicyclic) bond motifs is 1. The molecule has 0 saturated carbocycles. The summed E-state index contributed by atoms with van der Waals surface area (Å²) in [5.74, 6) is -0.155. The fourth-order valence-corrected chi connectivity index (χ4v) is 4.02. The number of carbonyl (C=O) groups is 2. The van der Waals surface area contributed by atoms with Crippen molar-refractivity contribution in [1.29, 1.82) is 0 Å². The van der Waals surface area contributed by atoms with Gasteiger partial charge in [-0.1, -0.05) is 11.8 Å². The summed E-state index contributed by atoms with van der Waals surface area (Å²) in [7, 11) is 1.68. The lowest BCUT2D eigenvalue weighted by Gasteiger charge is -2.40. The number of allylic oxidation sites excluding steroid dienone is 1. The zero-order chi connectivity index (χ0) is 16.6. The summed E-state index contributed by atoms with van der Waals surface area (Å²) in [6.07, 6.45) is 0.318. The highest BCUT2D eigenvalue weighted by Gasteiger charge is 2.55. The zero-order valence-corrected chi connectivity index (χ0v) is 13.1. The van der Waals surface area contributed by atoms with Gasteiger partial charge in [0, 0.05) is 11.3 Å². The first-order valence-corrected chi connectivity index (χ1v) is 7.86. The number of carboxylic acid groups (broad SMARTS) is 1. The molecule has 1 aromatic rings. The van der Waals surface area contributed by atoms with Crippen molar-refractivity contribution in [1.82, 2.24) is 25.1 Å². The van der Waals surface area contributed by atoms with E-state index < -0.39 is 12.1 Å². The summed E-state index contributed by atoms with van der Waals surface area (Å²) < 4.78 is 4.78. The molecule has 3 rings (SSSR count). The minimum Gasteiger partial charge on any atom is -0.449 e. The fraction of sp³-hybridized carbons (Fsp3) is 0.583. The standard InChI is InChI=1S/C12H15N5O5S/c1-16-14-8(13-15-16)4-2-3-7-10(22-12(20)21)17-9(19)6(5-18)11(17)23-7/h6,11,18H,2-5H2,1H3,(H,20,21)/t6-,11+/m0/s1. The van der Waals surface area contributed by atoms with Crippen molar-refractivity contribution in [3.8, 4) is 0 Å². The van der Waals surface area contributed by atoms with Gasteiger partial charge in [0.2, 0.25) is 11.8 Å². The number of hydrogen-bond acceptors (Lipinski definition) is 8. The SMILES string of the molecule is Cn1nnc(CCCC2=C(OC(=O)O)N3C(=O)[C@H](CO)[C@H]3S2)n1. The average Bonchev–Trinajstić information content (AvgIpc) is 3.02. The van der Waals surface area contributed by atoms with Crippen LogP contribution in [0.5, 0.6) is 0 Å². The molecule has 2 atom stereocenters. The fourth-order valence-electron chi connectivity index (χ4n) is 2.56. The van der Waals surface area contributed by atoms with Gasteiger partial charge < -0.3 is 14.9 Å². The second kappa shape index (κ2) is 6.16. The van der Waals surface area contributed by atoms with Gasteiger partial charge in [-0.25, -0.2) is 4.79 Å². The molecular weight excluding hydrogens is 326 g/mol. The number of aliphatic hydroxyl groups excluding tert-OH is 1. The molecular formula is C12H15N5O5S. The Kier molecular flexibility index (Phi) is 4.22. The molecule has 1 amide bonds. The van der Waals surface area contributed by atoms with Crippen LogP contribution >= 0.6 is 11.8 Å². The molecule has 0 radical (unpaired) electrons. The lowest BCUT2D eigenvalue weighted by atomic mass is 10.00. The maximum atomic E-state index is 11.9. The molecule has 1 saturated heterocycles. The van der Waals surface area contributed by atoms with Crippen LogP contribution in [0.2, 0.25) is 0 Å². The van der Waals surface area contributed by atoms with Crippen LogP contribution in [0.4, 0.5) is 4.79 Å². The Morgan fingerprint density at radius 1 is 1.43 bits per heavy atom. The Bertz CT molecular complexity index is 675. The number of ether oxygens (including phenoxy) is 1. The maximum Gasteiger partial charge on any atom is 0.512 e. The number of amides is 1. The molecule has 10 nitrogen and oxygen atoms in total. The number of tetrazole rings is 1. The Morgan fingerprint density at radius 2 is 2.22 bits per heavy atom. The maximum absolute atomic E-state index is 11.9. The van der Waals surface area contributed by atoms with Gasteiger partial charge in [-0.15, -0.1) is 10.2 Å². The molecule has 2 N–H and O–H groups in total. The van der Waals surface area contributed by atoms with Crippen molar-refractivity contribution < 1.29 is 24.5 Å². The summed E-state index contributed by atoms with van der Waals surface area (Å²) in [5.41, 5.74) is 0. The van der Waals surface area contributed by atoms with Crippen LogP contribution in [-0.4, -0.2) is 59.4 Å². The first kappa shape index (κ1) is 15.7. The van der Waals surface area contributed by atoms with Gasteiger partial charge in [0.1, 0.15) is 5.37 Å². The Hall–Kier alpha value is -2.14. The molecule has 0 aliphatic carbocycles. The Morgan fingerprint density at radius 3 is 2.83 bits per heavy atom. The van der Waals surface area contributed by atoms with Gasteiger partial charge in [-0.05, 0) is 18.1 Å². The van der Waals surface area contributed by atoms with Crippen LogP contribution in [0.25, 0.3) is 0 Å². The Balaban J connectivity index is 1.67. The minimum atomic E-state index is -1.46. The molecule has 2 aliphatic heterocycles. The number of rotatable bonds is 6. The summed E-state index contributed by atoms with van der Waals surface area (Å²) in [5, 5.41) is 29.5. The minimum absolute atomic E-state index is 0.0642. The quantitative estimate of drug-likeness (QED) is 0.538. The molecule has 0 unspecified atom stereocenters. The first-order valence-electron chi connectivity index (χ1n) is 6.98. The number of hydrogen-bond donors (Lipinski definition) is 2. The number of nitrogens with zero attached hydrogens (tertiary/aromatic N) is 5. The molecule has 1 aromatic heterocycles. The average molecular weight is 341 g/mol. The van der Waals surface area contributed by atoms with E-state index in [-0.39, 0.29) is 23.8 Å². The predicted molar refractivity (Wildman–Crippen MR) is 76.7 cm³/mol. The summed E-state index contributed by atoms with van der Waals surface area (Å²) in [6, 6.07) is 0. The normalized spacial score (nSPS) is 23.0. The number of aliphatic hydroxyl groups is 1. The van der Waals surface area contributed by atoms with Crippen LogP contribution in [-0.2, 0) is 23.0 Å². The van der Waals surface area contributed by atoms with Crippen LogP contribution in [0.3, 0.4) is 0 Å². The van der Waals surface area contributed by atoms with Gasteiger partial charge in [-0.2, -0.15) is 4.80 Å². The molecule has 23 heavy (non-hydrogen) atoms. The lowest BCUT2D eigenvalue weighted by Crippen LogP contribution is -2.58. The lowest BCUT2D eigenvalue weighted by molar-refractivity contribution is -0.151. The van der Waals surface area contributed by atoms with Crippen LogP contribution < -0.4 is 0 Å². The number of aryl methyl sites for hydroxylation is 2. The van der Waals surface area contributed by atoms with Gasteiger partial charge >= 0.3 is 6.16 Å². The van der Waals surface area contributed by atoms with Crippen LogP contribution in [0.1, 0.15) is 18.7 Å². The second-order valence-corrected chi connectivity index (χ2v) is 6.36. The molecule has 3 heterocycles. The van der Waals surface area contributed by atoms with Gasteiger partial charge in [0.05, 0.1) is 19.6 Å². The molecule has 124 valence electrons. The van der Waals surface area contributed by atoms with Crippen molar-refractivity contribution in [3.63, 3.8) is 0 Å². The largest absolute Gasteiger partial charge is 0.512 e. The molecule has 0 bridgehead atoms. The Labute approximate surface area is 135 Å². The molecule has 1 fully saturated rings. The van der Waals surface area contributed by atoms with Crippen molar-refractivity contribution >= 4 is 23.8 Å². The van der Waals surface area contributed by atoms with Crippen LogP contribution in [0.15, 0.2) is 10.8 Å². The van der Waals surface area contributed by atoms with Crippen molar-refractivity contribution in [3.05, 3.63) is 16.6 Å². The van der Waals surface area contributed by atoms with Crippen molar-refractivity contribution in [2.45, 2.75) is 24.6 Å². The highest BCUT2D eigenvalue weighted by atomic mass is 32.2. The first-order chi connectivity index (χ1) is 11.0. The molecule has 0 aromatic carbocycles. The van der Waals surface area contributed by atoms with E-state index in [4.69, 9.17) is 9.84 Å². The third-order valence-corrected chi connectivity index (χ3v) is 5.05. The van der Waals surface area contributed by atoms with Gasteiger partial charge in [0.25, 0.3) is 0 Å². The van der Waals surface area contributed by atoms with E-state index in [9.17, 15) is 14.7 Å². The summed E-state index contributed by atoms with van der Waals surface area (Å²) in [6.45, 7) is -0.260. The third kappa shape index (κ3) is 2.88. The van der Waals surface area contributed by atoms with Gasteiger partial charge in [-0.3, -0.25) is 9.69 Å². The van der Waals surface area contributed by atoms with Crippen molar-refractivity contribution in [2.24, 2.45) is 13.0 Å². The third-order valence-electron chi connectivity index (χ3n) is 3.61. The highest BCUT2D eigenvalue weighted by molar-refractivity contribution is 8.04. The number of carbonyl (C=O) groups excluding carboxylic acids is 1. The monoisotopic (exact) mass is 341 g/mol. The van der Waals surface area contributed by atoms with E-state index in [0.717, 1.165) is 0 Å². The van der Waals surface area contributed by atoms with Crippen LogP contribution in [0, 0.1) is 5.92 Å². The number of aromatic nitrogens is 4. The molecule has 11 heteroatoms. The topological polar surface area (TPSA) is 131 Å². The summed E-state index contributed by atoms with van der Waals surface area (Å²) in [4.78, 5) is 26.1. The number of β-lactam (4-membered cyclic amide) rings is 1. The highest BCUT2D eigenvalue weighted by Crippen LogP contribution is 2.50. The van der Waals surface area contributed by atoms with Crippen molar-refractivity contribution in [2.75, 3.05) is 6.61 Å². The van der Waals surface area contributed by atoms with E-state index in [2.05, 4.69) is 15.4 Å². The molecule has 2 aliphatic rings. The van der Waals surface area contributed by atoms with E-state index in [1.807, 2.05) is 0 Å². The van der Waals surface area contributed by atoms with E-state index in [0.29, 0.717) is 30.0 Å². The smallest absolute Gasteiger partial charge is 0.449 e. The van der Waals surface area contributed by atoms with E-state index in [1.165, 1.54) is 21.5 Å². The summed E-state index contributed by atoms with van der Waals surface area (Å²) >= 11 is 1.36. The number of thioether (sulfide) groups is 1. The second-order valence-electron chi connectivity index (χ2n) is 5.15. The molecule has 0 spiro atoms. The van der Waals surface area contributed by atoms with E-state index >= 15 is 0 Å². The van der Waals surface area contributed by atoms with Gasteiger partial charge in [0.15, 0.2) is 5.82 Å². The zero-order valence-electron chi connectivity index (χ0n) is 12.2. The predicted octanol–water partition coefficient (Wildman–Crippen LogP) is -0.0799.